The summed E-state index contributed by atoms with van der Waals surface area (Å²) in [7, 11) is 0. The van der Waals surface area contributed by atoms with Crippen molar-refractivity contribution in [1.82, 2.24) is 10.5 Å². The van der Waals surface area contributed by atoms with Crippen LogP contribution in [0.2, 0.25) is 5.02 Å². The van der Waals surface area contributed by atoms with E-state index in [1.807, 2.05) is 24.3 Å². The summed E-state index contributed by atoms with van der Waals surface area (Å²) in [4.78, 5) is 4.40. The Morgan fingerprint density at radius 3 is 3.00 bits per heavy atom. The van der Waals surface area contributed by atoms with Gasteiger partial charge in [-0.15, -0.1) is 0 Å². The Hall–Kier alpha value is -1.81. The molecule has 18 heavy (non-hydrogen) atoms. The van der Waals surface area contributed by atoms with Crippen LogP contribution in [-0.4, -0.2) is 24.1 Å². The van der Waals surface area contributed by atoms with Gasteiger partial charge in [-0.3, -0.25) is 4.99 Å². The molecule has 3 rings (SSSR count). The maximum absolute atomic E-state index is 6.05. The number of hydrogen-bond donors (Lipinski definition) is 1. The first-order valence-electron chi connectivity index (χ1n) is 5.79. The SMILES string of the molecule is Clc1ccc(CC2=NCCN2)c(-c2ccon2)c1. The first-order chi connectivity index (χ1) is 8.83. The molecule has 0 fully saturated rings. The van der Waals surface area contributed by atoms with Crippen molar-refractivity contribution in [3.8, 4) is 11.3 Å². The van der Waals surface area contributed by atoms with Gasteiger partial charge in [-0.05, 0) is 17.7 Å². The molecule has 0 saturated carbocycles. The number of hydrogen-bond acceptors (Lipinski definition) is 4. The standard InChI is InChI=1S/C13H12ClN3O/c14-10-2-1-9(7-13-15-4-5-16-13)11(8-10)12-3-6-18-17-12/h1-3,6,8H,4-5,7H2,(H,15,16). The predicted octanol–water partition coefficient (Wildman–Crippen LogP) is 2.54. The molecule has 0 aliphatic carbocycles. The zero-order chi connectivity index (χ0) is 12.4. The van der Waals surface area contributed by atoms with Gasteiger partial charge >= 0.3 is 0 Å². The van der Waals surface area contributed by atoms with Gasteiger partial charge in [0.25, 0.3) is 0 Å². The second-order valence-corrected chi connectivity index (χ2v) is 4.55. The maximum atomic E-state index is 6.05. The third-order valence-electron chi connectivity index (χ3n) is 2.89. The van der Waals surface area contributed by atoms with Gasteiger partial charge in [-0.25, -0.2) is 0 Å². The number of aliphatic imine (C=N–C) groups is 1. The van der Waals surface area contributed by atoms with E-state index < -0.39 is 0 Å². The lowest BCUT2D eigenvalue weighted by atomic mass is 10.0. The van der Waals surface area contributed by atoms with Crippen molar-refractivity contribution in [3.63, 3.8) is 0 Å². The smallest absolute Gasteiger partial charge is 0.124 e. The minimum atomic E-state index is 0.693. The Morgan fingerprint density at radius 1 is 1.33 bits per heavy atom. The fourth-order valence-electron chi connectivity index (χ4n) is 2.04. The number of halogens is 1. The molecule has 0 unspecified atom stereocenters. The van der Waals surface area contributed by atoms with Crippen LogP contribution in [-0.2, 0) is 6.42 Å². The fourth-order valence-corrected chi connectivity index (χ4v) is 2.21. The van der Waals surface area contributed by atoms with Gasteiger partial charge in [0.15, 0.2) is 0 Å². The van der Waals surface area contributed by atoms with Gasteiger partial charge in [0.1, 0.15) is 17.8 Å². The van der Waals surface area contributed by atoms with Crippen molar-refractivity contribution < 1.29 is 4.52 Å². The molecule has 4 nitrogen and oxygen atoms in total. The Balaban J connectivity index is 1.98. The summed E-state index contributed by atoms with van der Waals surface area (Å²) in [6.45, 7) is 1.77. The van der Waals surface area contributed by atoms with Crippen molar-refractivity contribution >= 4 is 17.4 Å². The Kier molecular flexibility index (Phi) is 3.02. The van der Waals surface area contributed by atoms with Crippen LogP contribution in [0.5, 0.6) is 0 Å². The van der Waals surface area contributed by atoms with Crippen molar-refractivity contribution in [2.75, 3.05) is 13.1 Å². The van der Waals surface area contributed by atoms with Crippen molar-refractivity contribution in [2.24, 2.45) is 4.99 Å². The molecule has 0 atom stereocenters. The van der Waals surface area contributed by atoms with Crippen LogP contribution in [0, 0.1) is 0 Å². The molecular weight excluding hydrogens is 250 g/mol. The summed E-state index contributed by atoms with van der Waals surface area (Å²) in [6, 6.07) is 7.63. The molecule has 2 heterocycles. The van der Waals surface area contributed by atoms with E-state index in [2.05, 4.69) is 15.5 Å². The van der Waals surface area contributed by atoms with Crippen LogP contribution >= 0.6 is 11.6 Å². The van der Waals surface area contributed by atoms with Crippen LogP contribution in [0.25, 0.3) is 11.3 Å². The largest absolute Gasteiger partial charge is 0.372 e. The highest BCUT2D eigenvalue weighted by Gasteiger charge is 2.12. The number of amidine groups is 1. The van der Waals surface area contributed by atoms with E-state index in [1.54, 1.807) is 6.26 Å². The van der Waals surface area contributed by atoms with Gasteiger partial charge in [-0.2, -0.15) is 0 Å². The Bertz CT molecular complexity index is 578. The van der Waals surface area contributed by atoms with Crippen molar-refractivity contribution in [2.45, 2.75) is 6.42 Å². The van der Waals surface area contributed by atoms with Crippen LogP contribution in [0.1, 0.15) is 5.56 Å². The second kappa shape index (κ2) is 4.82. The highest BCUT2D eigenvalue weighted by molar-refractivity contribution is 6.30. The van der Waals surface area contributed by atoms with Crippen molar-refractivity contribution in [3.05, 3.63) is 41.1 Å². The number of benzene rings is 1. The molecule has 0 radical (unpaired) electrons. The van der Waals surface area contributed by atoms with E-state index in [0.717, 1.165) is 42.2 Å². The highest BCUT2D eigenvalue weighted by Crippen LogP contribution is 2.26. The molecule has 0 bridgehead atoms. The van der Waals surface area contributed by atoms with E-state index in [-0.39, 0.29) is 0 Å². The molecule has 0 saturated heterocycles. The number of rotatable bonds is 3. The Morgan fingerprint density at radius 2 is 2.28 bits per heavy atom. The minimum absolute atomic E-state index is 0.693. The lowest BCUT2D eigenvalue weighted by Crippen LogP contribution is -2.20. The topological polar surface area (TPSA) is 50.4 Å². The summed E-state index contributed by atoms with van der Waals surface area (Å²) in [6.07, 6.45) is 2.32. The average Bonchev–Trinajstić information content (AvgIpc) is 3.04. The summed E-state index contributed by atoms with van der Waals surface area (Å²) in [5.74, 6) is 1.02. The normalized spacial score (nSPS) is 14.4. The Labute approximate surface area is 110 Å². The fraction of sp³-hybridized carbons (Fsp3) is 0.231. The molecule has 2 aromatic rings. The van der Waals surface area contributed by atoms with Crippen LogP contribution in [0.15, 0.2) is 40.0 Å². The highest BCUT2D eigenvalue weighted by atomic mass is 35.5. The lowest BCUT2D eigenvalue weighted by Gasteiger charge is -2.08. The lowest BCUT2D eigenvalue weighted by molar-refractivity contribution is 0.422. The third kappa shape index (κ3) is 2.24. The summed E-state index contributed by atoms with van der Waals surface area (Å²) in [5, 5.41) is 7.93. The predicted molar refractivity (Wildman–Crippen MR) is 71.0 cm³/mol. The summed E-state index contributed by atoms with van der Waals surface area (Å²) < 4.78 is 4.89. The zero-order valence-corrected chi connectivity index (χ0v) is 10.4. The van der Waals surface area contributed by atoms with Crippen LogP contribution < -0.4 is 5.32 Å². The van der Waals surface area contributed by atoms with E-state index >= 15 is 0 Å². The first-order valence-corrected chi connectivity index (χ1v) is 6.17. The van der Waals surface area contributed by atoms with E-state index in [4.69, 9.17) is 16.1 Å². The second-order valence-electron chi connectivity index (χ2n) is 4.12. The number of nitrogens with one attached hydrogen (secondary N) is 1. The number of nitrogens with zero attached hydrogens (tertiary/aromatic N) is 2. The number of aromatic nitrogens is 1. The van der Waals surface area contributed by atoms with E-state index in [1.165, 1.54) is 0 Å². The first kappa shape index (κ1) is 11.3. The quantitative estimate of drug-likeness (QED) is 0.924. The van der Waals surface area contributed by atoms with Gasteiger partial charge in [-0.1, -0.05) is 22.8 Å². The van der Waals surface area contributed by atoms with Crippen molar-refractivity contribution in [1.29, 1.82) is 0 Å². The van der Waals surface area contributed by atoms with Gasteiger partial charge in [0.05, 0.1) is 6.54 Å². The molecular formula is C13H12ClN3O. The maximum Gasteiger partial charge on any atom is 0.124 e. The molecule has 1 aliphatic heterocycles. The van der Waals surface area contributed by atoms with E-state index in [9.17, 15) is 0 Å². The van der Waals surface area contributed by atoms with Gasteiger partial charge in [0, 0.05) is 29.6 Å². The minimum Gasteiger partial charge on any atom is -0.372 e. The molecule has 92 valence electrons. The monoisotopic (exact) mass is 261 g/mol. The summed E-state index contributed by atoms with van der Waals surface area (Å²) >= 11 is 6.05. The molecule has 0 spiro atoms. The molecule has 0 amide bonds. The summed E-state index contributed by atoms with van der Waals surface area (Å²) in [5.41, 5.74) is 2.93. The molecule has 1 aromatic heterocycles. The van der Waals surface area contributed by atoms with Crippen LogP contribution in [0.4, 0.5) is 0 Å². The average molecular weight is 262 g/mol. The molecule has 1 aromatic carbocycles. The third-order valence-corrected chi connectivity index (χ3v) is 3.12. The van der Waals surface area contributed by atoms with Gasteiger partial charge in [0.2, 0.25) is 0 Å². The van der Waals surface area contributed by atoms with Crippen LogP contribution in [0.3, 0.4) is 0 Å². The molecule has 1 N–H and O–H groups in total. The molecule has 5 heteroatoms. The van der Waals surface area contributed by atoms with E-state index in [0.29, 0.717) is 5.02 Å². The molecule has 1 aliphatic rings. The van der Waals surface area contributed by atoms with Gasteiger partial charge < -0.3 is 9.84 Å². The zero-order valence-electron chi connectivity index (χ0n) is 9.69.